The molecule has 0 amide bonds. The number of nitrogens with one attached hydrogen (secondary N) is 1. The first kappa shape index (κ1) is 10.8. The Balaban J connectivity index is 1.94. The standard InChI is InChI=1S/C9H17N5S/c1-8(14-9(15)10-11-12-14)7-13-5-3-2-4-6-13/h8H,2-7H2,1H3,(H,10,12,15). The van der Waals surface area contributed by atoms with Gasteiger partial charge in [0.15, 0.2) is 0 Å². The number of nitrogens with zero attached hydrogens (tertiary/aromatic N) is 4. The maximum absolute atomic E-state index is 5.07. The Morgan fingerprint density at radius 3 is 2.73 bits per heavy atom. The van der Waals surface area contributed by atoms with Gasteiger partial charge in [-0.05, 0) is 45.1 Å². The first-order chi connectivity index (χ1) is 7.27. The molecule has 0 aromatic carbocycles. The third-order valence-corrected chi connectivity index (χ3v) is 3.18. The van der Waals surface area contributed by atoms with Crippen molar-refractivity contribution in [1.82, 2.24) is 25.1 Å². The van der Waals surface area contributed by atoms with Crippen molar-refractivity contribution in [3.8, 4) is 0 Å². The lowest BCUT2D eigenvalue weighted by Crippen LogP contribution is -2.34. The molecule has 1 aromatic rings. The number of hydrogen-bond donors (Lipinski definition) is 1. The van der Waals surface area contributed by atoms with Crippen molar-refractivity contribution in [2.75, 3.05) is 19.6 Å². The van der Waals surface area contributed by atoms with Gasteiger partial charge in [-0.2, -0.15) is 5.21 Å². The van der Waals surface area contributed by atoms with Gasteiger partial charge in [-0.1, -0.05) is 16.7 Å². The number of aromatic nitrogens is 4. The first-order valence-electron chi connectivity index (χ1n) is 5.49. The molecule has 1 atom stereocenters. The van der Waals surface area contributed by atoms with E-state index in [0.717, 1.165) is 6.54 Å². The van der Waals surface area contributed by atoms with Crippen LogP contribution in [0.2, 0.25) is 0 Å². The van der Waals surface area contributed by atoms with Gasteiger partial charge >= 0.3 is 0 Å². The summed E-state index contributed by atoms with van der Waals surface area (Å²) < 4.78 is 2.39. The minimum atomic E-state index is 0.325. The molecule has 1 fully saturated rings. The number of tetrazole rings is 1. The van der Waals surface area contributed by atoms with Crippen LogP contribution in [0, 0.1) is 4.77 Å². The lowest BCUT2D eigenvalue weighted by Gasteiger charge is -2.28. The number of aromatic amines is 1. The fourth-order valence-electron chi connectivity index (χ4n) is 2.09. The Labute approximate surface area is 94.4 Å². The van der Waals surface area contributed by atoms with Crippen LogP contribution in [-0.2, 0) is 0 Å². The van der Waals surface area contributed by atoms with E-state index >= 15 is 0 Å². The van der Waals surface area contributed by atoms with Crippen molar-refractivity contribution in [2.24, 2.45) is 0 Å². The number of likely N-dealkylation sites (tertiary alicyclic amines) is 1. The molecule has 1 N–H and O–H groups in total. The summed E-state index contributed by atoms with van der Waals surface area (Å²) in [4.78, 5) is 2.48. The second-order valence-corrected chi connectivity index (χ2v) is 4.53. The van der Waals surface area contributed by atoms with E-state index in [-0.39, 0.29) is 0 Å². The van der Waals surface area contributed by atoms with Gasteiger partial charge in [0.2, 0.25) is 4.77 Å². The molecule has 2 heterocycles. The molecule has 1 aliphatic heterocycles. The smallest absolute Gasteiger partial charge is 0.238 e. The predicted octanol–water partition coefficient (Wildman–Crippen LogP) is 1.38. The summed E-state index contributed by atoms with van der Waals surface area (Å²) in [6, 6.07) is 0.325. The van der Waals surface area contributed by atoms with Crippen LogP contribution in [-0.4, -0.2) is 44.7 Å². The molecule has 0 radical (unpaired) electrons. The maximum atomic E-state index is 5.07. The fourth-order valence-corrected chi connectivity index (χ4v) is 2.35. The zero-order valence-electron chi connectivity index (χ0n) is 9.02. The molecule has 2 rings (SSSR count). The van der Waals surface area contributed by atoms with Crippen LogP contribution in [0.5, 0.6) is 0 Å². The highest BCUT2D eigenvalue weighted by Crippen LogP contribution is 2.12. The Bertz CT molecular complexity index is 351. The summed E-state index contributed by atoms with van der Waals surface area (Å²) in [6.45, 7) is 5.58. The Hall–Kier alpha value is -0.750. The highest BCUT2D eigenvalue weighted by molar-refractivity contribution is 7.71. The van der Waals surface area contributed by atoms with Gasteiger partial charge in [0.05, 0.1) is 6.04 Å². The van der Waals surface area contributed by atoms with Crippen LogP contribution >= 0.6 is 12.2 Å². The van der Waals surface area contributed by atoms with Gasteiger partial charge in [-0.3, -0.25) is 0 Å². The van der Waals surface area contributed by atoms with Crippen molar-refractivity contribution < 1.29 is 0 Å². The number of hydrogen-bond acceptors (Lipinski definition) is 4. The fraction of sp³-hybridized carbons (Fsp3) is 0.889. The largest absolute Gasteiger partial charge is 0.301 e. The van der Waals surface area contributed by atoms with Crippen LogP contribution in [0.1, 0.15) is 32.2 Å². The van der Waals surface area contributed by atoms with E-state index in [1.807, 2.05) is 4.68 Å². The lowest BCUT2D eigenvalue weighted by molar-refractivity contribution is 0.195. The molecule has 6 heteroatoms. The lowest BCUT2D eigenvalue weighted by atomic mass is 10.1. The highest BCUT2D eigenvalue weighted by atomic mass is 32.1. The Morgan fingerprint density at radius 1 is 1.40 bits per heavy atom. The molecule has 0 saturated carbocycles. The number of piperidine rings is 1. The second-order valence-electron chi connectivity index (χ2n) is 4.16. The summed E-state index contributed by atoms with van der Waals surface area (Å²) in [5.41, 5.74) is 0. The van der Waals surface area contributed by atoms with E-state index in [4.69, 9.17) is 12.2 Å². The molecule has 0 spiro atoms. The zero-order valence-corrected chi connectivity index (χ0v) is 9.83. The van der Waals surface area contributed by atoms with Crippen LogP contribution in [0.4, 0.5) is 0 Å². The zero-order chi connectivity index (χ0) is 10.7. The predicted molar refractivity (Wildman–Crippen MR) is 60.2 cm³/mol. The van der Waals surface area contributed by atoms with Gasteiger partial charge in [-0.15, -0.1) is 0 Å². The Kier molecular flexibility index (Phi) is 3.48. The number of H-pyrrole nitrogens is 1. The quantitative estimate of drug-likeness (QED) is 0.793. The van der Waals surface area contributed by atoms with Crippen LogP contribution < -0.4 is 0 Å². The van der Waals surface area contributed by atoms with Gasteiger partial charge in [0.25, 0.3) is 0 Å². The van der Waals surface area contributed by atoms with Crippen molar-refractivity contribution in [3.05, 3.63) is 4.77 Å². The summed E-state index contributed by atoms with van der Waals surface area (Å²) in [7, 11) is 0. The van der Waals surface area contributed by atoms with E-state index in [2.05, 4.69) is 27.3 Å². The summed E-state index contributed by atoms with van der Waals surface area (Å²) >= 11 is 5.07. The minimum absolute atomic E-state index is 0.325. The summed E-state index contributed by atoms with van der Waals surface area (Å²) in [6.07, 6.45) is 4.01. The van der Waals surface area contributed by atoms with Gasteiger partial charge in [0.1, 0.15) is 0 Å². The van der Waals surface area contributed by atoms with Crippen molar-refractivity contribution in [1.29, 1.82) is 0 Å². The molecule has 1 aliphatic rings. The van der Waals surface area contributed by atoms with Gasteiger partial charge < -0.3 is 4.90 Å². The monoisotopic (exact) mass is 227 g/mol. The first-order valence-corrected chi connectivity index (χ1v) is 5.90. The topological polar surface area (TPSA) is 49.7 Å². The maximum Gasteiger partial charge on any atom is 0.238 e. The molecule has 0 aliphatic carbocycles. The van der Waals surface area contributed by atoms with E-state index in [1.165, 1.54) is 32.4 Å². The molecule has 5 nitrogen and oxygen atoms in total. The van der Waals surface area contributed by atoms with Crippen molar-refractivity contribution in [3.63, 3.8) is 0 Å². The summed E-state index contributed by atoms with van der Waals surface area (Å²) in [5.74, 6) is 0. The molecule has 15 heavy (non-hydrogen) atoms. The van der Waals surface area contributed by atoms with Crippen LogP contribution in [0.3, 0.4) is 0 Å². The average Bonchev–Trinajstić information content (AvgIpc) is 2.66. The third kappa shape index (κ3) is 2.63. The van der Waals surface area contributed by atoms with E-state index in [9.17, 15) is 0 Å². The third-order valence-electron chi connectivity index (χ3n) is 2.91. The average molecular weight is 227 g/mol. The SMILES string of the molecule is CC(CN1CCCCC1)n1[nH]nnc1=S. The van der Waals surface area contributed by atoms with Crippen molar-refractivity contribution in [2.45, 2.75) is 32.2 Å². The molecule has 84 valence electrons. The highest BCUT2D eigenvalue weighted by Gasteiger charge is 2.15. The second kappa shape index (κ2) is 4.85. The molecule has 0 bridgehead atoms. The van der Waals surface area contributed by atoms with Crippen LogP contribution in [0.15, 0.2) is 0 Å². The number of rotatable bonds is 3. The Morgan fingerprint density at radius 2 is 2.13 bits per heavy atom. The normalized spacial score (nSPS) is 20.3. The van der Waals surface area contributed by atoms with E-state index in [0.29, 0.717) is 10.8 Å². The van der Waals surface area contributed by atoms with Gasteiger partial charge in [-0.25, -0.2) is 4.68 Å². The van der Waals surface area contributed by atoms with Gasteiger partial charge in [0, 0.05) is 6.54 Å². The molecule has 1 aromatic heterocycles. The minimum Gasteiger partial charge on any atom is -0.301 e. The molecular formula is C9H17N5S. The molecule has 1 unspecified atom stereocenters. The van der Waals surface area contributed by atoms with Crippen LogP contribution in [0.25, 0.3) is 0 Å². The van der Waals surface area contributed by atoms with E-state index in [1.54, 1.807) is 0 Å². The molecular weight excluding hydrogens is 210 g/mol. The molecule has 1 saturated heterocycles. The summed E-state index contributed by atoms with van der Waals surface area (Å²) in [5, 5.41) is 10.3. The van der Waals surface area contributed by atoms with Crippen molar-refractivity contribution >= 4 is 12.2 Å². The van der Waals surface area contributed by atoms with E-state index < -0.39 is 0 Å².